The minimum atomic E-state index is -0.631. The van der Waals surface area contributed by atoms with Crippen LogP contribution in [0.4, 0.5) is 4.79 Å². The van der Waals surface area contributed by atoms with Crippen LogP contribution in [0.25, 0.3) is 0 Å². The summed E-state index contributed by atoms with van der Waals surface area (Å²) in [5.41, 5.74) is 0.810. The van der Waals surface area contributed by atoms with Gasteiger partial charge in [0.15, 0.2) is 6.61 Å². The molecule has 0 saturated heterocycles. The van der Waals surface area contributed by atoms with Gasteiger partial charge in [-0.15, -0.1) is 11.3 Å². The maximum Gasteiger partial charge on any atom is 0.349 e. The highest BCUT2D eigenvalue weighted by molar-refractivity contribution is 7.12. The molecule has 23 heavy (non-hydrogen) atoms. The van der Waals surface area contributed by atoms with Gasteiger partial charge in [-0.25, -0.2) is 9.59 Å². The van der Waals surface area contributed by atoms with Gasteiger partial charge in [-0.1, -0.05) is 19.8 Å². The van der Waals surface area contributed by atoms with Gasteiger partial charge >= 0.3 is 12.0 Å². The van der Waals surface area contributed by atoms with Crippen LogP contribution < -0.4 is 10.6 Å². The first-order valence-electron chi connectivity index (χ1n) is 7.79. The number of hydrogen-bond donors (Lipinski definition) is 2. The molecule has 0 radical (unpaired) electrons. The lowest BCUT2D eigenvalue weighted by atomic mass is 9.86. The van der Waals surface area contributed by atoms with Gasteiger partial charge < -0.3 is 10.1 Å². The van der Waals surface area contributed by atoms with Crippen molar-refractivity contribution >= 4 is 29.2 Å². The summed E-state index contributed by atoms with van der Waals surface area (Å²) in [4.78, 5) is 35.8. The number of ether oxygens (including phenoxy) is 1. The summed E-state index contributed by atoms with van der Waals surface area (Å²) in [5, 5.41) is 6.80. The Morgan fingerprint density at radius 2 is 2.04 bits per heavy atom. The summed E-state index contributed by atoms with van der Waals surface area (Å²) in [5.74, 6) is -0.772. The van der Waals surface area contributed by atoms with Crippen molar-refractivity contribution < 1.29 is 19.1 Å². The zero-order valence-electron chi connectivity index (χ0n) is 13.4. The molecule has 1 saturated carbocycles. The topological polar surface area (TPSA) is 84.5 Å². The predicted octanol–water partition coefficient (Wildman–Crippen LogP) is 2.62. The van der Waals surface area contributed by atoms with E-state index in [1.54, 1.807) is 18.4 Å². The summed E-state index contributed by atoms with van der Waals surface area (Å²) >= 11 is 1.26. The van der Waals surface area contributed by atoms with E-state index in [-0.39, 0.29) is 6.04 Å². The Morgan fingerprint density at radius 3 is 2.70 bits per heavy atom. The number of amides is 3. The van der Waals surface area contributed by atoms with E-state index >= 15 is 0 Å². The first-order valence-corrected chi connectivity index (χ1v) is 8.67. The molecule has 0 aliphatic heterocycles. The zero-order valence-corrected chi connectivity index (χ0v) is 14.2. The van der Waals surface area contributed by atoms with Crippen LogP contribution in [0, 0.1) is 12.8 Å². The highest BCUT2D eigenvalue weighted by atomic mass is 32.1. The van der Waals surface area contributed by atoms with Crippen molar-refractivity contribution in [3.05, 3.63) is 21.9 Å². The van der Waals surface area contributed by atoms with E-state index in [0.29, 0.717) is 10.8 Å². The lowest BCUT2D eigenvalue weighted by Crippen LogP contribution is -2.48. The summed E-state index contributed by atoms with van der Waals surface area (Å²) < 4.78 is 4.92. The number of aryl methyl sites for hydroxylation is 1. The number of imide groups is 1. The molecule has 6 nitrogen and oxygen atoms in total. The molecule has 1 aliphatic carbocycles. The molecule has 1 aliphatic rings. The second kappa shape index (κ2) is 8.10. The van der Waals surface area contributed by atoms with Crippen LogP contribution in [-0.2, 0) is 9.53 Å². The third-order valence-corrected chi connectivity index (χ3v) is 5.06. The third-order valence-electron chi connectivity index (χ3n) is 4.06. The molecule has 2 rings (SSSR count). The number of rotatable bonds is 4. The normalized spacial score (nSPS) is 20.6. The third kappa shape index (κ3) is 5.06. The summed E-state index contributed by atoms with van der Waals surface area (Å²) in [7, 11) is 0. The highest BCUT2D eigenvalue weighted by Crippen LogP contribution is 2.23. The molecule has 1 fully saturated rings. The largest absolute Gasteiger partial charge is 0.451 e. The Balaban J connectivity index is 1.73. The van der Waals surface area contributed by atoms with Crippen molar-refractivity contribution in [1.82, 2.24) is 10.6 Å². The van der Waals surface area contributed by atoms with Gasteiger partial charge in [-0.05, 0) is 42.7 Å². The molecule has 1 heterocycles. The van der Waals surface area contributed by atoms with Gasteiger partial charge in [-0.3, -0.25) is 10.1 Å². The SMILES string of the molecule is Cc1ccsc1C(=O)OCC(=O)NC(=O)N[C@H]1CCCC[C@@H]1C. The Hall–Kier alpha value is -1.89. The molecular weight excluding hydrogens is 316 g/mol. The standard InChI is InChI=1S/C16H22N2O4S/c1-10-5-3-4-6-12(10)17-16(21)18-13(19)9-22-15(20)14-11(2)7-8-23-14/h7-8,10,12H,3-6,9H2,1-2H3,(H2,17,18,19,21)/t10-,12-/m0/s1. The van der Waals surface area contributed by atoms with Crippen molar-refractivity contribution in [1.29, 1.82) is 0 Å². The van der Waals surface area contributed by atoms with Crippen molar-refractivity contribution in [3.63, 3.8) is 0 Å². The molecular formula is C16H22N2O4S. The zero-order chi connectivity index (χ0) is 16.8. The van der Waals surface area contributed by atoms with Gasteiger partial charge in [0.1, 0.15) is 4.88 Å². The van der Waals surface area contributed by atoms with Crippen molar-refractivity contribution in [2.45, 2.75) is 45.6 Å². The van der Waals surface area contributed by atoms with Crippen LogP contribution in [-0.4, -0.2) is 30.6 Å². The number of esters is 1. The van der Waals surface area contributed by atoms with Crippen LogP contribution in [0.3, 0.4) is 0 Å². The lowest BCUT2D eigenvalue weighted by molar-refractivity contribution is -0.123. The Bertz CT molecular complexity index is 584. The number of carbonyl (C=O) groups excluding carboxylic acids is 3. The monoisotopic (exact) mass is 338 g/mol. The van der Waals surface area contributed by atoms with Crippen LogP contribution in [0.5, 0.6) is 0 Å². The van der Waals surface area contributed by atoms with Crippen LogP contribution in [0.1, 0.15) is 47.8 Å². The van der Waals surface area contributed by atoms with E-state index < -0.39 is 24.5 Å². The number of thiophene rings is 1. The molecule has 2 atom stereocenters. The fraction of sp³-hybridized carbons (Fsp3) is 0.562. The Morgan fingerprint density at radius 1 is 1.30 bits per heavy atom. The van der Waals surface area contributed by atoms with Crippen molar-refractivity contribution in [3.8, 4) is 0 Å². The first-order chi connectivity index (χ1) is 11.0. The second-order valence-electron chi connectivity index (χ2n) is 5.90. The molecule has 0 aromatic carbocycles. The maximum absolute atomic E-state index is 11.8. The number of nitrogens with one attached hydrogen (secondary N) is 2. The molecule has 2 N–H and O–H groups in total. The quantitative estimate of drug-likeness (QED) is 0.827. The van der Waals surface area contributed by atoms with Crippen molar-refractivity contribution in [2.75, 3.05) is 6.61 Å². The van der Waals surface area contributed by atoms with Crippen LogP contribution in [0.2, 0.25) is 0 Å². The molecule has 0 spiro atoms. The van der Waals surface area contributed by atoms with E-state index in [0.717, 1.165) is 24.8 Å². The van der Waals surface area contributed by atoms with Gasteiger partial charge in [0.25, 0.3) is 5.91 Å². The fourth-order valence-electron chi connectivity index (χ4n) is 2.68. The lowest BCUT2D eigenvalue weighted by Gasteiger charge is -2.29. The summed E-state index contributed by atoms with van der Waals surface area (Å²) in [6.07, 6.45) is 4.27. The van der Waals surface area contributed by atoms with Crippen LogP contribution in [0.15, 0.2) is 11.4 Å². The molecule has 3 amide bonds. The molecule has 1 aromatic heterocycles. The highest BCUT2D eigenvalue weighted by Gasteiger charge is 2.23. The maximum atomic E-state index is 11.8. The smallest absolute Gasteiger partial charge is 0.349 e. The second-order valence-corrected chi connectivity index (χ2v) is 6.81. The molecule has 0 unspecified atom stereocenters. The molecule has 126 valence electrons. The van der Waals surface area contributed by atoms with Gasteiger partial charge in [0.2, 0.25) is 0 Å². The molecule has 7 heteroatoms. The molecule has 1 aromatic rings. The first kappa shape index (κ1) is 17.5. The van der Waals surface area contributed by atoms with E-state index in [2.05, 4.69) is 17.6 Å². The fourth-order valence-corrected chi connectivity index (χ4v) is 3.49. The predicted molar refractivity (Wildman–Crippen MR) is 87.4 cm³/mol. The van der Waals surface area contributed by atoms with E-state index in [4.69, 9.17) is 4.74 Å². The average Bonchev–Trinajstić information content (AvgIpc) is 2.93. The van der Waals surface area contributed by atoms with Gasteiger partial charge in [0.05, 0.1) is 0 Å². The Labute approximate surface area is 139 Å². The summed E-state index contributed by atoms with van der Waals surface area (Å²) in [6.45, 7) is 3.42. The minimum Gasteiger partial charge on any atom is -0.451 e. The van der Waals surface area contributed by atoms with Crippen molar-refractivity contribution in [2.24, 2.45) is 5.92 Å². The minimum absolute atomic E-state index is 0.0906. The summed E-state index contributed by atoms with van der Waals surface area (Å²) in [6, 6.07) is 1.37. The van der Waals surface area contributed by atoms with Gasteiger partial charge in [0, 0.05) is 6.04 Å². The van der Waals surface area contributed by atoms with Crippen LogP contribution >= 0.6 is 11.3 Å². The van der Waals surface area contributed by atoms with Gasteiger partial charge in [-0.2, -0.15) is 0 Å². The molecule has 0 bridgehead atoms. The average molecular weight is 338 g/mol. The van der Waals surface area contributed by atoms with E-state index in [9.17, 15) is 14.4 Å². The van der Waals surface area contributed by atoms with E-state index in [1.807, 2.05) is 0 Å². The number of hydrogen-bond acceptors (Lipinski definition) is 5. The number of carbonyl (C=O) groups is 3. The Kier molecular flexibility index (Phi) is 6.15. The number of urea groups is 1. The van der Waals surface area contributed by atoms with E-state index in [1.165, 1.54) is 17.8 Å².